The van der Waals surface area contributed by atoms with Gasteiger partial charge in [-0.2, -0.15) is 0 Å². The van der Waals surface area contributed by atoms with Crippen LogP contribution in [0.25, 0.3) is 0 Å². The van der Waals surface area contributed by atoms with Gasteiger partial charge in [0, 0.05) is 25.7 Å². The summed E-state index contributed by atoms with van der Waals surface area (Å²) in [6.07, 6.45) is 0.920. The SMILES string of the molecule is NC1CCN(Cc2cccc([B-](F)(F)F)c2)C1.[K+]. The standard InChI is InChI=1S/C11H15BF3N2.K/c13-12(14,15)10-3-1-2-9(6-10)7-17-5-4-11(16)8-17;/h1-3,6,11H,4-5,7-8,16H2;/q-1;+1. The molecule has 2 nitrogen and oxygen atoms in total. The predicted octanol–water partition coefficient (Wildman–Crippen LogP) is -1.72. The summed E-state index contributed by atoms with van der Waals surface area (Å²) in [6, 6.07) is 5.72. The Balaban J connectivity index is 0.00000162. The summed E-state index contributed by atoms with van der Waals surface area (Å²) < 4.78 is 37.7. The molecule has 2 rings (SSSR count). The second-order valence-corrected chi connectivity index (χ2v) is 4.60. The van der Waals surface area contributed by atoms with Crippen LogP contribution in [0.3, 0.4) is 0 Å². The summed E-state index contributed by atoms with van der Waals surface area (Å²) >= 11 is 0. The number of hydrogen-bond acceptors (Lipinski definition) is 2. The first-order chi connectivity index (χ1) is 7.95. The van der Waals surface area contributed by atoms with Crippen LogP contribution >= 0.6 is 0 Å². The van der Waals surface area contributed by atoms with E-state index >= 15 is 0 Å². The van der Waals surface area contributed by atoms with Crippen molar-refractivity contribution in [3.8, 4) is 0 Å². The van der Waals surface area contributed by atoms with Crippen LogP contribution in [0.1, 0.15) is 12.0 Å². The minimum Gasteiger partial charge on any atom is -0.445 e. The smallest absolute Gasteiger partial charge is 0.445 e. The fraction of sp³-hybridized carbons (Fsp3) is 0.455. The molecule has 1 aromatic rings. The van der Waals surface area contributed by atoms with Crippen molar-refractivity contribution in [2.24, 2.45) is 5.73 Å². The Labute approximate surface area is 148 Å². The number of rotatable bonds is 3. The predicted molar refractivity (Wildman–Crippen MR) is 63.0 cm³/mol. The first-order valence-electron chi connectivity index (χ1n) is 5.72. The zero-order valence-corrected chi connectivity index (χ0v) is 13.6. The van der Waals surface area contributed by atoms with Crippen molar-refractivity contribution < 1.29 is 64.3 Å². The number of benzene rings is 1. The number of halogens is 3. The third kappa shape index (κ3) is 4.63. The zero-order valence-electron chi connectivity index (χ0n) is 10.5. The molecule has 18 heavy (non-hydrogen) atoms. The topological polar surface area (TPSA) is 29.3 Å². The molecule has 0 aromatic heterocycles. The molecule has 0 aliphatic carbocycles. The van der Waals surface area contributed by atoms with Crippen LogP contribution in [-0.4, -0.2) is 31.0 Å². The van der Waals surface area contributed by atoms with Crippen LogP contribution < -0.4 is 62.6 Å². The van der Waals surface area contributed by atoms with Gasteiger partial charge >= 0.3 is 58.4 Å². The Morgan fingerprint density at radius 1 is 1.33 bits per heavy atom. The summed E-state index contributed by atoms with van der Waals surface area (Å²) in [6.45, 7) is -2.72. The van der Waals surface area contributed by atoms with E-state index in [0.717, 1.165) is 25.6 Å². The fourth-order valence-corrected chi connectivity index (χ4v) is 2.16. The molecule has 1 atom stereocenters. The maximum absolute atomic E-state index is 12.6. The van der Waals surface area contributed by atoms with Gasteiger partial charge in [0.25, 0.3) is 0 Å². The molecule has 1 fully saturated rings. The normalized spacial score (nSPS) is 20.8. The molecule has 0 bridgehead atoms. The Bertz CT molecular complexity index is 400. The maximum Gasteiger partial charge on any atom is 1.00 e. The van der Waals surface area contributed by atoms with Crippen LogP contribution in [-0.2, 0) is 6.54 Å². The van der Waals surface area contributed by atoms with Gasteiger partial charge in [0.2, 0.25) is 0 Å². The third-order valence-corrected chi connectivity index (χ3v) is 3.04. The minimum atomic E-state index is -4.90. The number of nitrogens with two attached hydrogens (primary N) is 1. The molecule has 0 radical (unpaired) electrons. The third-order valence-electron chi connectivity index (χ3n) is 3.04. The Morgan fingerprint density at radius 3 is 2.61 bits per heavy atom. The van der Waals surface area contributed by atoms with Gasteiger partial charge in [-0.15, -0.1) is 5.46 Å². The second-order valence-electron chi connectivity index (χ2n) is 4.60. The Hall–Kier alpha value is 0.631. The van der Waals surface area contributed by atoms with Gasteiger partial charge in [-0.25, -0.2) is 0 Å². The van der Waals surface area contributed by atoms with E-state index in [0.29, 0.717) is 12.1 Å². The second kappa shape index (κ2) is 6.88. The van der Waals surface area contributed by atoms with Crippen LogP contribution in [0.15, 0.2) is 24.3 Å². The fourth-order valence-electron chi connectivity index (χ4n) is 2.16. The molecule has 0 amide bonds. The van der Waals surface area contributed by atoms with Gasteiger partial charge < -0.3 is 18.7 Å². The quantitative estimate of drug-likeness (QED) is 0.668. The number of hydrogen-bond donors (Lipinski definition) is 1. The van der Waals surface area contributed by atoms with Crippen LogP contribution in [0.4, 0.5) is 12.9 Å². The molecule has 1 aliphatic heterocycles. The molecule has 1 heterocycles. The van der Waals surface area contributed by atoms with Gasteiger partial charge in [0.15, 0.2) is 0 Å². The Kier molecular flexibility index (Phi) is 6.37. The van der Waals surface area contributed by atoms with Crippen molar-refractivity contribution in [2.75, 3.05) is 13.1 Å². The van der Waals surface area contributed by atoms with E-state index in [9.17, 15) is 12.9 Å². The molecule has 0 spiro atoms. The van der Waals surface area contributed by atoms with Gasteiger partial charge in [0.1, 0.15) is 0 Å². The van der Waals surface area contributed by atoms with Crippen molar-refractivity contribution >= 4 is 12.4 Å². The molecule has 1 unspecified atom stereocenters. The van der Waals surface area contributed by atoms with Crippen LogP contribution in [0.5, 0.6) is 0 Å². The van der Waals surface area contributed by atoms with Gasteiger partial charge in [0.05, 0.1) is 0 Å². The summed E-state index contributed by atoms with van der Waals surface area (Å²) in [7, 11) is 0. The monoisotopic (exact) mass is 282 g/mol. The molecule has 7 heteroatoms. The summed E-state index contributed by atoms with van der Waals surface area (Å²) in [4.78, 5) is 2.09. The van der Waals surface area contributed by atoms with Crippen LogP contribution in [0, 0.1) is 0 Å². The molecule has 2 N–H and O–H groups in total. The van der Waals surface area contributed by atoms with Crippen molar-refractivity contribution in [1.82, 2.24) is 4.90 Å². The Morgan fingerprint density at radius 2 is 2.06 bits per heavy atom. The van der Waals surface area contributed by atoms with Gasteiger partial charge in [-0.3, -0.25) is 4.90 Å². The molecular weight excluding hydrogens is 267 g/mol. The van der Waals surface area contributed by atoms with E-state index < -0.39 is 12.4 Å². The van der Waals surface area contributed by atoms with Crippen molar-refractivity contribution in [3.05, 3.63) is 29.8 Å². The van der Waals surface area contributed by atoms with E-state index in [2.05, 4.69) is 4.90 Å². The van der Waals surface area contributed by atoms with Crippen molar-refractivity contribution in [3.63, 3.8) is 0 Å². The first kappa shape index (κ1) is 16.7. The van der Waals surface area contributed by atoms with E-state index in [-0.39, 0.29) is 57.4 Å². The van der Waals surface area contributed by atoms with Crippen molar-refractivity contribution in [2.45, 2.75) is 19.0 Å². The van der Waals surface area contributed by atoms with Crippen LogP contribution in [0.2, 0.25) is 0 Å². The molecule has 1 saturated heterocycles. The summed E-state index contributed by atoms with van der Waals surface area (Å²) in [5.41, 5.74) is 5.94. The average molecular weight is 282 g/mol. The maximum atomic E-state index is 12.6. The number of nitrogens with zero attached hydrogens (tertiary/aromatic N) is 1. The van der Waals surface area contributed by atoms with E-state index in [1.807, 2.05) is 0 Å². The molecule has 1 aromatic carbocycles. The first-order valence-corrected chi connectivity index (χ1v) is 5.72. The van der Waals surface area contributed by atoms with Crippen molar-refractivity contribution in [1.29, 1.82) is 0 Å². The van der Waals surface area contributed by atoms with E-state index in [4.69, 9.17) is 5.73 Å². The minimum absolute atomic E-state index is 0. The molecular formula is C11H15BF3KN2. The van der Waals surface area contributed by atoms with E-state index in [1.165, 1.54) is 12.1 Å². The summed E-state index contributed by atoms with van der Waals surface area (Å²) in [5, 5.41) is 0. The average Bonchev–Trinajstić information content (AvgIpc) is 2.63. The van der Waals surface area contributed by atoms with Gasteiger partial charge in [-0.1, -0.05) is 24.3 Å². The summed E-state index contributed by atoms with van der Waals surface area (Å²) in [5.74, 6) is 0. The zero-order chi connectivity index (χ0) is 12.5. The van der Waals surface area contributed by atoms with E-state index in [1.54, 1.807) is 6.07 Å². The number of likely N-dealkylation sites (tertiary alicyclic amines) is 1. The largest absolute Gasteiger partial charge is 1.00 e. The molecule has 0 saturated carbocycles. The molecule has 1 aliphatic rings. The molecule has 94 valence electrons. The van der Waals surface area contributed by atoms with Gasteiger partial charge in [-0.05, 0) is 12.0 Å².